The minimum Gasteiger partial charge on any atom is -0.478 e. The lowest BCUT2D eigenvalue weighted by atomic mass is 9.98. The lowest BCUT2D eigenvalue weighted by Crippen LogP contribution is -2.10. The lowest BCUT2D eigenvalue weighted by Gasteiger charge is -2.09. The highest BCUT2D eigenvalue weighted by molar-refractivity contribution is 6.45. The highest BCUT2D eigenvalue weighted by atomic mass is 35.5. The highest BCUT2D eigenvalue weighted by Crippen LogP contribution is 2.30. The fourth-order valence-electron chi connectivity index (χ4n) is 1.68. The number of ketones is 1. The Morgan fingerprint density at radius 3 is 2.16 bits per heavy atom. The SMILES string of the molecule is O=C(O)c1ccc(Cl)c(Cl)c1C(=O)c1ccccc1. The van der Waals surface area contributed by atoms with Gasteiger partial charge in [-0.1, -0.05) is 53.5 Å². The van der Waals surface area contributed by atoms with Gasteiger partial charge in [0.05, 0.1) is 21.2 Å². The van der Waals surface area contributed by atoms with E-state index in [1.165, 1.54) is 12.1 Å². The number of hydrogen-bond acceptors (Lipinski definition) is 2. The first-order chi connectivity index (χ1) is 9.02. The molecule has 0 aromatic heterocycles. The molecule has 0 radical (unpaired) electrons. The van der Waals surface area contributed by atoms with Gasteiger partial charge in [0.1, 0.15) is 0 Å². The Balaban J connectivity index is 2.64. The molecular weight excluding hydrogens is 287 g/mol. The fourth-order valence-corrected chi connectivity index (χ4v) is 2.09. The van der Waals surface area contributed by atoms with Gasteiger partial charge in [-0.25, -0.2) is 4.79 Å². The van der Waals surface area contributed by atoms with Crippen LogP contribution in [0, 0.1) is 0 Å². The molecule has 96 valence electrons. The molecule has 1 N–H and O–H groups in total. The van der Waals surface area contributed by atoms with Crippen LogP contribution in [0.2, 0.25) is 10.0 Å². The number of halogens is 2. The second-order valence-electron chi connectivity index (χ2n) is 3.78. The zero-order valence-electron chi connectivity index (χ0n) is 9.56. The number of hydrogen-bond donors (Lipinski definition) is 1. The van der Waals surface area contributed by atoms with E-state index in [0.29, 0.717) is 5.56 Å². The Labute approximate surface area is 119 Å². The van der Waals surface area contributed by atoms with Crippen molar-refractivity contribution in [1.29, 1.82) is 0 Å². The number of carboxylic acid groups (broad SMARTS) is 1. The van der Waals surface area contributed by atoms with Gasteiger partial charge >= 0.3 is 5.97 Å². The highest BCUT2D eigenvalue weighted by Gasteiger charge is 2.22. The maximum absolute atomic E-state index is 12.3. The van der Waals surface area contributed by atoms with E-state index in [0.717, 1.165) is 0 Å². The molecule has 0 aliphatic rings. The smallest absolute Gasteiger partial charge is 0.336 e. The zero-order valence-corrected chi connectivity index (χ0v) is 11.1. The maximum atomic E-state index is 12.3. The van der Waals surface area contributed by atoms with Crippen LogP contribution < -0.4 is 0 Å². The Morgan fingerprint density at radius 2 is 1.58 bits per heavy atom. The second kappa shape index (κ2) is 5.43. The van der Waals surface area contributed by atoms with E-state index < -0.39 is 11.8 Å². The average molecular weight is 295 g/mol. The lowest BCUT2D eigenvalue weighted by molar-refractivity contribution is 0.0693. The molecule has 0 aliphatic heterocycles. The topological polar surface area (TPSA) is 54.4 Å². The first kappa shape index (κ1) is 13.6. The predicted octanol–water partition coefficient (Wildman–Crippen LogP) is 3.92. The zero-order chi connectivity index (χ0) is 14.0. The molecule has 2 rings (SSSR count). The molecule has 0 heterocycles. The van der Waals surface area contributed by atoms with Crippen molar-refractivity contribution in [1.82, 2.24) is 0 Å². The molecule has 0 amide bonds. The van der Waals surface area contributed by atoms with Crippen molar-refractivity contribution < 1.29 is 14.7 Å². The van der Waals surface area contributed by atoms with Gasteiger partial charge in [0, 0.05) is 5.56 Å². The van der Waals surface area contributed by atoms with Crippen LogP contribution in [0.25, 0.3) is 0 Å². The standard InChI is InChI=1S/C14H8Cl2O3/c15-10-7-6-9(14(18)19)11(12(10)16)13(17)8-4-2-1-3-5-8/h1-7H,(H,18,19). The molecule has 5 heteroatoms. The van der Waals surface area contributed by atoms with Crippen molar-refractivity contribution in [2.75, 3.05) is 0 Å². The molecule has 3 nitrogen and oxygen atoms in total. The number of aromatic carboxylic acids is 1. The summed E-state index contributed by atoms with van der Waals surface area (Å²) >= 11 is 11.8. The van der Waals surface area contributed by atoms with E-state index >= 15 is 0 Å². The van der Waals surface area contributed by atoms with Crippen LogP contribution in [-0.4, -0.2) is 16.9 Å². The van der Waals surface area contributed by atoms with Crippen molar-refractivity contribution in [2.45, 2.75) is 0 Å². The molecule has 19 heavy (non-hydrogen) atoms. The third-order valence-electron chi connectivity index (χ3n) is 2.59. The molecule has 0 saturated carbocycles. The van der Waals surface area contributed by atoms with Crippen LogP contribution in [0.15, 0.2) is 42.5 Å². The van der Waals surface area contributed by atoms with E-state index in [2.05, 4.69) is 0 Å². The van der Waals surface area contributed by atoms with Crippen LogP contribution in [-0.2, 0) is 0 Å². The van der Waals surface area contributed by atoms with Gasteiger partial charge in [-0.3, -0.25) is 4.79 Å². The molecule has 0 aliphatic carbocycles. The molecule has 0 bridgehead atoms. The van der Waals surface area contributed by atoms with Crippen molar-refractivity contribution in [3.8, 4) is 0 Å². The summed E-state index contributed by atoms with van der Waals surface area (Å²) in [6.07, 6.45) is 0. The summed E-state index contributed by atoms with van der Waals surface area (Å²) in [5, 5.41) is 9.22. The molecule has 2 aromatic rings. The molecule has 0 saturated heterocycles. The monoisotopic (exact) mass is 294 g/mol. The van der Waals surface area contributed by atoms with E-state index in [1.54, 1.807) is 30.3 Å². The fraction of sp³-hybridized carbons (Fsp3) is 0. The Hall–Kier alpha value is -1.84. The number of benzene rings is 2. The molecule has 0 fully saturated rings. The molecular formula is C14H8Cl2O3. The Kier molecular flexibility index (Phi) is 3.88. The normalized spacial score (nSPS) is 10.2. The summed E-state index contributed by atoms with van der Waals surface area (Å²) in [6, 6.07) is 10.9. The summed E-state index contributed by atoms with van der Waals surface area (Å²) in [4.78, 5) is 23.5. The van der Waals surface area contributed by atoms with Crippen LogP contribution in [0.3, 0.4) is 0 Å². The molecule has 0 unspecified atom stereocenters. The van der Waals surface area contributed by atoms with Crippen LogP contribution in [0.1, 0.15) is 26.3 Å². The van der Waals surface area contributed by atoms with Crippen LogP contribution in [0.5, 0.6) is 0 Å². The average Bonchev–Trinajstić information content (AvgIpc) is 2.41. The van der Waals surface area contributed by atoms with E-state index in [1.807, 2.05) is 0 Å². The summed E-state index contributed by atoms with van der Waals surface area (Å²) in [5.41, 5.74) is 0.102. The molecule has 0 atom stereocenters. The van der Waals surface area contributed by atoms with Gasteiger partial charge in [0.15, 0.2) is 5.78 Å². The predicted molar refractivity (Wildman–Crippen MR) is 73.3 cm³/mol. The largest absolute Gasteiger partial charge is 0.478 e. The van der Waals surface area contributed by atoms with Crippen LogP contribution in [0.4, 0.5) is 0 Å². The second-order valence-corrected chi connectivity index (χ2v) is 4.57. The van der Waals surface area contributed by atoms with Crippen molar-refractivity contribution in [2.24, 2.45) is 0 Å². The van der Waals surface area contributed by atoms with E-state index in [-0.39, 0.29) is 21.2 Å². The first-order valence-electron chi connectivity index (χ1n) is 5.33. The summed E-state index contributed by atoms with van der Waals surface area (Å²) in [6.45, 7) is 0. The Bertz CT molecular complexity index is 651. The van der Waals surface area contributed by atoms with Crippen molar-refractivity contribution in [3.63, 3.8) is 0 Å². The van der Waals surface area contributed by atoms with Gasteiger partial charge < -0.3 is 5.11 Å². The number of carbonyl (C=O) groups is 2. The van der Waals surface area contributed by atoms with Gasteiger partial charge in [0.25, 0.3) is 0 Å². The maximum Gasteiger partial charge on any atom is 0.336 e. The molecule has 0 spiro atoms. The van der Waals surface area contributed by atoms with Gasteiger partial charge in [-0.15, -0.1) is 0 Å². The minimum absolute atomic E-state index is 0.0459. The number of rotatable bonds is 3. The van der Waals surface area contributed by atoms with Crippen LogP contribution >= 0.6 is 23.2 Å². The summed E-state index contributed by atoms with van der Waals surface area (Å²) in [7, 11) is 0. The molecule has 2 aromatic carbocycles. The quantitative estimate of drug-likeness (QED) is 0.873. The third kappa shape index (κ3) is 2.62. The summed E-state index contributed by atoms with van der Waals surface area (Å²) in [5.74, 6) is -1.69. The van der Waals surface area contributed by atoms with Gasteiger partial charge in [0.2, 0.25) is 0 Å². The van der Waals surface area contributed by atoms with E-state index in [4.69, 9.17) is 28.3 Å². The van der Waals surface area contributed by atoms with Crippen molar-refractivity contribution >= 4 is 35.0 Å². The number of carbonyl (C=O) groups excluding carboxylic acids is 1. The summed E-state index contributed by atoms with van der Waals surface area (Å²) < 4.78 is 0. The Morgan fingerprint density at radius 1 is 0.947 bits per heavy atom. The van der Waals surface area contributed by atoms with E-state index in [9.17, 15) is 9.59 Å². The van der Waals surface area contributed by atoms with Crippen molar-refractivity contribution in [3.05, 3.63) is 69.2 Å². The first-order valence-corrected chi connectivity index (χ1v) is 6.09. The third-order valence-corrected chi connectivity index (χ3v) is 3.39. The van der Waals surface area contributed by atoms with Gasteiger partial charge in [-0.05, 0) is 12.1 Å². The van der Waals surface area contributed by atoms with Gasteiger partial charge in [-0.2, -0.15) is 0 Å². The number of carboxylic acids is 1. The minimum atomic E-state index is -1.22.